The van der Waals surface area contributed by atoms with E-state index in [4.69, 9.17) is 4.98 Å². The van der Waals surface area contributed by atoms with Crippen LogP contribution in [0.15, 0.2) is 61.2 Å². The molecule has 0 atom stereocenters. The number of nitrogens with zero attached hydrogens (tertiary/aromatic N) is 2. The van der Waals surface area contributed by atoms with Crippen LogP contribution >= 0.6 is 0 Å². The van der Waals surface area contributed by atoms with Gasteiger partial charge >= 0.3 is 0 Å². The van der Waals surface area contributed by atoms with Crippen LogP contribution in [-0.2, 0) is 0 Å². The van der Waals surface area contributed by atoms with E-state index in [1.54, 1.807) is 6.08 Å². The molecule has 2 heteroatoms. The van der Waals surface area contributed by atoms with Gasteiger partial charge in [-0.3, -0.25) is 4.40 Å². The normalized spacial score (nSPS) is 12.5. The lowest BCUT2D eigenvalue weighted by Gasteiger charge is -2.05. The molecule has 0 spiro atoms. The smallest absolute Gasteiger partial charge is 0.145 e. The highest BCUT2D eigenvalue weighted by Gasteiger charge is 2.09. The maximum absolute atomic E-state index is 4.75. The third-order valence-corrected chi connectivity index (χ3v) is 3.88. The quantitative estimate of drug-likeness (QED) is 0.520. The third kappa shape index (κ3) is 1.56. The number of rotatable bonds is 1. The van der Waals surface area contributed by atoms with Gasteiger partial charge in [-0.15, -0.1) is 0 Å². The summed E-state index contributed by atoms with van der Waals surface area (Å²) in [5.74, 6) is 0. The molecule has 0 aliphatic carbocycles. The minimum Gasteiger partial charge on any atom is -0.292 e. The molecule has 0 fully saturated rings. The Morgan fingerprint density at radius 2 is 1.67 bits per heavy atom. The zero-order chi connectivity index (χ0) is 14.4. The summed E-state index contributed by atoms with van der Waals surface area (Å²) >= 11 is 0. The molecule has 0 saturated carbocycles. The van der Waals surface area contributed by atoms with Crippen LogP contribution in [-0.4, -0.2) is 9.38 Å². The van der Waals surface area contributed by atoms with Crippen molar-refractivity contribution in [3.63, 3.8) is 0 Å². The average Bonchev–Trinajstić information content (AvgIpc) is 2.91. The minimum absolute atomic E-state index is 0.906. The molecule has 0 aliphatic heterocycles. The first-order valence-electron chi connectivity index (χ1n) is 6.91. The summed E-state index contributed by atoms with van der Waals surface area (Å²) in [5, 5.41) is 3.19. The van der Waals surface area contributed by atoms with E-state index in [1.807, 2.05) is 30.3 Å². The number of fused-ring (bicyclic) bond motifs is 5. The molecule has 2 heterocycles. The Morgan fingerprint density at radius 1 is 0.952 bits per heavy atom. The number of pyridine rings is 1. The summed E-state index contributed by atoms with van der Waals surface area (Å²) in [5.41, 5.74) is 4.15. The van der Waals surface area contributed by atoms with Crippen molar-refractivity contribution in [1.82, 2.24) is 9.38 Å². The Morgan fingerprint density at radius 3 is 2.48 bits per heavy atom. The highest BCUT2D eigenvalue weighted by Crippen LogP contribution is 2.19. The van der Waals surface area contributed by atoms with E-state index in [-0.39, 0.29) is 0 Å². The Kier molecular flexibility index (Phi) is 2.45. The van der Waals surface area contributed by atoms with Gasteiger partial charge in [0.25, 0.3) is 0 Å². The lowest BCUT2D eigenvalue weighted by atomic mass is 10.1. The first kappa shape index (κ1) is 11.9. The second kappa shape index (κ2) is 4.32. The molecule has 4 rings (SSSR count). The molecule has 2 aromatic carbocycles. The zero-order valence-electron chi connectivity index (χ0n) is 11.6. The van der Waals surface area contributed by atoms with Crippen molar-refractivity contribution in [2.24, 2.45) is 0 Å². The van der Waals surface area contributed by atoms with E-state index in [0.29, 0.717) is 0 Å². The second-order valence-electron chi connectivity index (χ2n) is 5.07. The van der Waals surface area contributed by atoms with Crippen molar-refractivity contribution in [2.45, 2.75) is 0 Å². The van der Waals surface area contributed by atoms with Gasteiger partial charge in [0.05, 0.1) is 16.6 Å². The summed E-state index contributed by atoms with van der Waals surface area (Å²) in [6, 6.07) is 16.5. The van der Waals surface area contributed by atoms with Gasteiger partial charge < -0.3 is 0 Å². The third-order valence-electron chi connectivity index (χ3n) is 3.88. The second-order valence-corrected chi connectivity index (χ2v) is 5.07. The molecule has 2 nitrogen and oxygen atoms in total. The molecular weight excluding hydrogens is 256 g/mol. The number of hydrogen-bond acceptors (Lipinski definition) is 1. The van der Waals surface area contributed by atoms with Crippen molar-refractivity contribution in [1.29, 1.82) is 0 Å². The van der Waals surface area contributed by atoms with Crippen LogP contribution in [0.25, 0.3) is 40.2 Å². The van der Waals surface area contributed by atoms with Gasteiger partial charge in [0.2, 0.25) is 0 Å². The highest BCUT2D eigenvalue weighted by atomic mass is 15.0. The fraction of sp³-hybridized carbons (Fsp3) is 0. The van der Waals surface area contributed by atoms with Crippen LogP contribution in [0.4, 0.5) is 0 Å². The molecular formula is C19H14N2. The van der Waals surface area contributed by atoms with E-state index in [1.165, 1.54) is 0 Å². The van der Waals surface area contributed by atoms with Gasteiger partial charge in [-0.2, -0.15) is 0 Å². The fourth-order valence-electron chi connectivity index (χ4n) is 2.96. The SMILES string of the molecule is C=C/C=c1\c(=C)c2nc3ccccc3n2c2ccccc12. The van der Waals surface area contributed by atoms with E-state index < -0.39 is 0 Å². The molecule has 0 saturated heterocycles. The van der Waals surface area contributed by atoms with Gasteiger partial charge in [-0.05, 0) is 23.4 Å². The molecule has 0 bridgehead atoms. The predicted molar refractivity (Wildman–Crippen MR) is 89.6 cm³/mol. The van der Waals surface area contributed by atoms with Crippen LogP contribution in [0.1, 0.15) is 0 Å². The molecule has 0 radical (unpaired) electrons. The fourth-order valence-corrected chi connectivity index (χ4v) is 2.96. The number of aromatic nitrogens is 2. The van der Waals surface area contributed by atoms with Gasteiger partial charge in [-0.1, -0.05) is 55.6 Å². The Labute approximate surface area is 122 Å². The number of benzene rings is 2. The molecule has 0 unspecified atom stereocenters. The Balaban J connectivity index is 2.47. The summed E-state index contributed by atoms with van der Waals surface area (Å²) in [6.07, 6.45) is 3.81. The topological polar surface area (TPSA) is 17.3 Å². The first-order chi connectivity index (χ1) is 10.3. The van der Waals surface area contributed by atoms with Crippen LogP contribution in [0.2, 0.25) is 0 Å². The summed E-state index contributed by atoms with van der Waals surface area (Å²) < 4.78 is 2.19. The number of para-hydroxylation sites is 3. The van der Waals surface area contributed by atoms with E-state index in [0.717, 1.165) is 38.0 Å². The maximum atomic E-state index is 4.75. The lowest BCUT2D eigenvalue weighted by Crippen LogP contribution is -2.27. The molecule has 0 N–H and O–H groups in total. The van der Waals surface area contributed by atoms with Gasteiger partial charge in [-0.25, -0.2) is 4.98 Å². The van der Waals surface area contributed by atoms with Gasteiger partial charge in [0.15, 0.2) is 0 Å². The summed E-state index contributed by atoms with van der Waals surface area (Å²) in [6.45, 7) is 8.07. The molecule has 2 aromatic heterocycles. The van der Waals surface area contributed by atoms with E-state index in [2.05, 4.69) is 41.8 Å². The molecule has 100 valence electrons. The highest BCUT2D eigenvalue weighted by molar-refractivity contribution is 5.91. The van der Waals surface area contributed by atoms with Crippen LogP contribution in [0, 0.1) is 0 Å². The lowest BCUT2D eigenvalue weighted by molar-refractivity contribution is 1.27. The minimum atomic E-state index is 0.906. The number of imidazole rings is 1. The van der Waals surface area contributed by atoms with E-state index in [9.17, 15) is 0 Å². The van der Waals surface area contributed by atoms with Crippen LogP contribution < -0.4 is 10.4 Å². The molecule has 21 heavy (non-hydrogen) atoms. The van der Waals surface area contributed by atoms with Gasteiger partial charge in [0.1, 0.15) is 5.65 Å². The number of hydrogen-bond donors (Lipinski definition) is 0. The Hall–Kier alpha value is -2.87. The number of allylic oxidation sites excluding steroid dienone is 1. The van der Waals surface area contributed by atoms with Gasteiger partial charge in [0, 0.05) is 10.6 Å². The van der Waals surface area contributed by atoms with Crippen molar-refractivity contribution >= 4 is 40.2 Å². The predicted octanol–water partition coefficient (Wildman–Crippen LogP) is 3.02. The maximum Gasteiger partial charge on any atom is 0.145 e. The van der Waals surface area contributed by atoms with E-state index >= 15 is 0 Å². The Bertz CT molecular complexity index is 1120. The molecule has 0 amide bonds. The molecule has 0 aliphatic rings. The van der Waals surface area contributed by atoms with Crippen molar-refractivity contribution in [3.8, 4) is 0 Å². The van der Waals surface area contributed by atoms with Crippen LogP contribution in [0.3, 0.4) is 0 Å². The first-order valence-corrected chi connectivity index (χ1v) is 6.91. The largest absolute Gasteiger partial charge is 0.292 e. The summed E-state index contributed by atoms with van der Waals surface area (Å²) in [4.78, 5) is 4.75. The van der Waals surface area contributed by atoms with Crippen molar-refractivity contribution in [2.75, 3.05) is 0 Å². The summed E-state index contributed by atoms with van der Waals surface area (Å²) in [7, 11) is 0. The zero-order valence-corrected chi connectivity index (χ0v) is 11.6. The van der Waals surface area contributed by atoms with Crippen LogP contribution in [0.5, 0.6) is 0 Å². The standard InChI is InChI=1S/C19H14N2/c1-3-8-14-13(2)19-20-16-10-5-7-12-18(16)21(19)17-11-6-4-9-15(14)17/h3-12H,1-2H2/b14-8+. The average molecular weight is 270 g/mol. The monoisotopic (exact) mass is 270 g/mol. The van der Waals surface area contributed by atoms with Crippen molar-refractivity contribution in [3.05, 3.63) is 71.6 Å². The molecule has 4 aromatic rings. The van der Waals surface area contributed by atoms with Crippen molar-refractivity contribution < 1.29 is 0 Å².